The van der Waals surface area contributed by atoms with E-state index in [1.165, 1.54) is 29.6 Å². The maximum Gasteiger partial charge on any atom is 0.326 e. The molecule has 2 aromatic rings. The quantitative estimate of drug-likeness (QED) is 0.901. The van der Waals surface area contributed by atoms with E-state index < -0.39 is 16.1 Å². The number of fused-ring (bicyclic) bond motifs is 1. The van der Waals surface area contributed by atoms with Crippen LogP contribution in [0, 0.1) is 0 Å². The van der Waals surface area contributed by atoms with E-state index in [2.05, 4.69) is 4.72 Å². The molecule has 1 amide bonds. The third kappa shape index (κ3) is 3.05. The number of carbonyl (C=O) groups excluding carboxylic acids is 1. The maximum absolute atomic E-state index is 12.5. The van der Waals surface area contributed by atoms with Gasteiger partial charge >= 0.3 is 10.2 Å². The number of hydrogen-bond donors (Lipinski definition) is 1. The Balaban J connectivity index is 1.84. The van der Waals surface area contributed by atoms with Crippen LogP contribution in [0.5, 0.6) is 5.75 Å². The Hall–Kier alpha value is -2.25. The topological polar surface area (TPSA) is 75.7 Å². The molecule has 0 fully saturated rings. The van der Waals surface area contributed by atoms with Crippen LogP contribution in [0.3, 0.4) is 0 Å². The normalized spacial score (nSPS) is 13.5. The fraction of sp³-hybridized carbons (Fsp3) is 0.188. The van der Waals surface area contributed by atoms with Crippen LogP contribution in [0.15, 0.2) is 42.5 Å². The molecule has 0 saturated heterocycles. The lowest BCUT2D eigenvalue weighted by molar-refractivity contribution is 0.0981. The largest absolute Gasteiger partial charge is 0.495 e. The highest BCUT2D eigenvalue weighted by molar-refractivity contribution is 7.91. The minimum atomic E-state index is -3.99. The molecule has 6 nitrogen and oxygen atoms in total. The van der Waals surface area contributed by atoms with Crippen molar-refractivity contribution >= 4 is 33.4 Å². The van der Waals surface area contributed by atoms with Crippen molar-refractivity contribution in [3.63, 3.8) is 0 Å². The summed E-state index contributed by atoms with van der Waals surface area (Å²) in [5, 5.41) is 0.338. The molecule has 0 bridgehead atoms. The summed E-state index contributed by atoms with van der Waals surface area (Å²) < 4.78 is 33.4. The minimum absolute atomic E-state index is 0.146. The van der Waals surface area contributed by atoms with Crippen LogP contribution in [-0.4, -0.2) is 28.0 Å². The Labute approximate surface area is 145 Å². The van der Waals surface area contributed by atoms with E-state index in [1.807, 2.05) is 12.1 Å². The summed E-state index contributed by atoms with van der Waals surface area (Å²) in [6, 6.07) is 11.5. The van der Waals surface area contributed by atoms with Crippen LogP contribution in [0.25, 0.3) is 0 Å². The molecule has 3 rings (SSSR count). The number of halogens is 1. The molecule has 0 aromatic heterocycles. The summed E-state index contributed by atoms with van der Waals surface area (Å²) in [5.41, 5.74) is 1.67. The van der Waals surface area contributed by atoms with Gasteiger partial charge in [-0.3, -0.25) is 9.10 Å². The zero-order valence-corrected chi connectivity index (χ0v) is 14.4. The number of para-hydroxylation sites is 1. The molecule has 0 saturated carbocycles. The monoisotopic (exact) mass is 366 g/mol. The lowest BCUT2D eigenvalue weighted by atomic mass is 10.2. The molecule has 0 aliphatic carbocycles. The maximum atomic E-state index is 12.5. The molecule has 0 spiro atoms. The van der Waals surface area contributed by atoms with E-state index in [4.69, 9.17) is 16.3 Å². The molecule has 0 radical (unpaired) electrons. The molecule has 24 heavy (non-hydrogen) atoms. The molecule has 8 heteroatoms. The van der Waals surface area contributed by atoms with Crippen molar-refractivity contribution in [2.24, 2.45) is 0 Å². The molecular weight excluding hydrogens is 352 g/mol. The van der Waals surface area contributed by atoms with Crippen LogP contribution >= 0.6 is 11.6 Å². The van der Waals surface area contributed by atoms with E-state index >= 15 is 0 Å². The fourth-order valence-electron chi connectivity index (χ4n) is 2.59. The van der Waals surface area contributed by atoms with Crippen LogP contribution in [-0.2, 0) is 16.6 Å². The third-order valence-electron chi connectivity index (χ3n) is 3.77. The third-order valence-corrected chi connectivity index (χ3v) is 5.48. The zero-order chi connectivity index (χ0) is 17.3. The van der Waals surface area contributed by atoms with Crippen molar-refractivity contribution in [2.45, 2.75) is 6.42 Å². The summed E-state index contributed by atoms with van der Waals surface area (Å²) in [5.74, 6) is -0.442. The number of nitrogens with one attached hydrogen (secondary N) is 1. The first-order valence-electron chi connectivity index (χ1n) is 7.18. The second-order valence-electron chi connectivity index (χ2n) is 5.24. The van der Waals surface area contributed by atoms with Crippen molar-refractivity contribution in [2.75, 3.05) is 18.0 Å². The summed E-state index contributed by atoms with van der Waals surface area (Å²) in [6.45, 7) is 0.298. The van der Waals surface area contributed by atoms with Crippen LogP contribution in [0.4, 0.5) is 5.69 Å². The van der Waals surface area contributed by atoms with Gasteiger partial charge in [-0.2, -0.15) is 8.42 Å². The lowest BCUT2D eigenvalue weighted by Crippen LogP contribution is -2.42. The molecule has 1 aliphatic rings. The fourth-order valence-corrected chi connectivity index (χ4v) is 4.02. The Morgan fingerprint density at radius 2 is 2.00 bits per heavy atom. The first kappa shape index (κ1) is 16.6. The molecule has 0 unspecified atom stereocenters. The smallest absolute Gasteiger partial charge is 0.326 e. The van der Waals surface area contributed by atoms with Crippen molar-refractivity contribution < 1.29 is 17.9 Å². The molecule has 0 atom stereocenters. The van der Waals surface area contributed by atoms with Gasteiger partial charge in [-0.05, 0) is 36.2 Å². The number of ether oxygens (including phenoxy) is 1. The molecule has 126 valence electrons. The van der Waals surface area contributed by atoms with Gasteiger partial charge in [0.05, 0.1) is 17.8 Å². The van der Waals surface area contributed by atoms with Gasteiger partial charge in [-0.15, -0.1) is 0 Å². The Morgan fingerprint density at radius 1 is 1.25 bits per heavy atom. The van der Waals surface area contributed by atoms with Gasteiger partial charge in [-0.25, -0.2) is 4.72 Å². The first-order valence-corrected chi connectivity index (χ1v) is 9.00. The molecule has 1 N–H and O–H groups in total. The summed E-state index contributed by atoms with van der Waals surface area (Å²) in [7, 11) is -2.57. The summed E-state index contributed by atoms with van der Waals surface area (Å²) >= 11 is 5.91. The van der Waals surface area contributed by atoms with Crippen LogP contribution < -0.4 is 13.8 Å². The Kier molecular flexibility index (Phi) is 4.38. The van der Waals surface area contributed by atoms with E-state index in [0.717, 1.165) is 5.56 Å². The summed E-state index contributed by atoms with van der Waals surface area (Å²) in [4.78, 5) is 12.3. The Morgan fingerprint density at radius 3 is 2.75 bits per heavy atom. The SMILES string of the molecule is COc1cc(C(=O)NS(=O)(=O)N2CCc3ccccc32)ccc1Cl. The van der Waals surface area contributed by atoms with Gasteiger partial charge in [0.2, 0.25) is 0 Å². The molecular formula is C16H15ClN2O4S. The van der Waals surface area contributed by atoms with Gasteiger partial charge in [0, 0.05) is 12.1 Å². The number of nitrogens with zero attached hydrogens (tertiary/aromatic N) is 1. The number of benzene rings is 2. The highest BCUT2D eigenvalue weighted by Gasteiger charge is 2.30. The van der Waals surface area contributed by atoms with E-state index in [9.17, 15) is 13.2 Å². The highest BCUT2D eigenvalue weighted by Crippen LogP contribution is 2.29. The summed E-state index contributed by atoms with van der Waals surface area (Å²) in [6.07, 6.45) is 0.611. The van der Waals surface area contributed by atoms with Crippen molar-refractivity contribution in [1.82, 2.24) is 4.72 Å². The van der Waals surface area contributed by atoms with E-state index in [1.54, 1.807) is 12.1 Å². The lowest BCUT2D eigenvalue weighted by Gasteiger charge is -2.19. The predicted molar refractivity (Wildman–Crippen MR) is 91.9 cm³/mol. The molecule has 1 heterocycles. The highest BCUT2D eigenvalue weighted by atomic mass is 35.5. The van der Waals surface area contributed by atoms with Gasteiger partial charge in [0.1, 0.15) is 5.75 Å². The van der Waals surface area contributed by atoms with Crippen LogP contribution in [0.2, 0.25) is 5.02 Å². The predicted octanol–water partition coefficient (Wildman–Crippen LogP) is 2.39. The van der Waals surface area contributed by atoms with Gasteiger partial charge in [0.25, 0.3) is 5.91 Å². The second kappa shape index (κ2) is 6.33. The molecule has 2 aromatic carbocycles. The van der Waals surface area contributed by atoms with Gasteiger partial charge in [-0.1, -0.05) is 29.8 Å². The number of anilines is 1. The van der Waals surface area contributed by atoms with E-state index in [-0.39, 0.29) is 5.56 Å². The zero-order valence-electron chi connectivity index (χ0n) is 12.8. The minimum Gasteiger partial charge on any atom is -0.495 e. The van der Waals surface area contributed by atoms with Gasteiger partial charge < -0.3 is 4.74 Å². The standard InChI is InChI=1S/C16H15ClN2O4S/c1-23-15-10-12(6-7-13(15)17)16(20)18-24(21,22)19-9-8-11-4-2-3-5-14(11)19/h2-7,10H,8-9H2,1H3,(H,18,20). The number of hydrogen-bond acceptors (Lipinski definition) is 4. The average Bonchev–Trinajstić information content (AvgIpc) is 2.99. The number of rotatable bonds is 4. The first-order chi connectivity index (χ1) is 11.4. The van der Waals surface area contributed by atoms with Crippen molar-refractivity contribution in [1.29, 1.82) is 0 Å². The van der Waals surface area contributed by atoms with E-state index in [0.29, 0.717) is 29.4 Å². The van der Waals surface area contributed by atoms with Crippen molar-refractivity contribution in [3.05, 3.63) is 58.6 Å². The Bertz CT molecular complexity index is 899. The second-order valence-corrected chi connectivity index (χ2v) is 7.24. The number of methoxy groups -OCH3 is 1. The van der Waals surface area contributed by atoms with Crippen LogP contribution in [0.1, 0.15) is 15.9 Å². The number of carbonyl (C=O) groups is 1. The molecule has 1 aliphatic heterocycles. The van der Waals surface area contributed by atoms with Crippen molar-refractivity contribution in [3.8, 4) is 5.75 Å². The van der Waals surface area contributed by atoms with Gasteiger partial charge in [0.15, 0.2) is 0 Å². The number of amides is 1. The average molecular weight is 367 g/mol.